The van der Waals surface area contributed by atoms with E-state index in [1.165, 1.54) is 4.90 Å². The van der Waals surface area contributed by atoms with Crippen LogP contribution in [0.15, 0.2) is 29.2 Å². The molecule has 0 fully saturated rings. The van der Waals surface area contributed by atoms with Gasteiger partial charge in [-0.1, -0.05) is 18.2 Å². The van der Waals surface area contributed by atoms with Crippen LogP contribution in [-0.4, -0.2) is 25.1 Å². The van der Waals surface area contributed by atoms with Crippen LogP contribution in [0.1, 0.15) is 0 Å². The van der Waals surface area contributed by atoms with Crippen molar-refractivity contribution in [1.82, 2.24) is 0 Å². The Hall–Kier alpha value is 0.167. The summed E-state index contributed by atoms with van der Waals surface area (Å²) in [5, 5.41) is 0. The Morgan fingerprint density at radius 3 is 2.56 bits per heavy atom. The van der Waals surface area contributed by atoms with Crippen LogP contribution in [0.3, 0.4) is 0 Å². The van der Waals surface area contributed by atoms with E-state index in [1.807, 2.05) is 30.5 Å². The topological polar surface area (TPSA) is 0 Å². The quantitative estimate of drug-likeness (QED) is 0.411. The number of thioether (sulfide) groups is 1. The molecule has 0 spiro atoms. The van der Waals surface area contributed by atoms with Gasteiger partial charge >= 0.3 is 18.9 Å². The number of benzene rings is 1. The van der Waals surface area contributed by atoms with Crippen molar-refractivity contribution in [2.75, 3.05) is 6.26 Å². The van der Waals surface area contributed by atoms with Crippen molar-refractivity contribution in [3.63, 3.8) is 0 Å². The fourth-order valence-corrected chi connectivity index (χ4v) is 0.904. The summed E-state index contributed by atoms with van der Waals surface area (Å²) >= 11 is 1.71. The first-order valence-electron chi connectivity index (χ1n) is 2.44. The molecule has 1 radical (unpaired) electrons. The van der Waals surface area contributed by atoms with E-state index in [4.69, 9.17) is 0 Å². The molecule has 0 atom stereocenters. The van der Waals surface area contributed by atoms with Crippen LogP contribution < -0.4 is 0 Å². The van der Waals surface area contributed by atoms with E-state index in [9.17, 15) is 0 Å². The molecule has 0 N–H and O–H groups in total. The van der Waals surface area contributed by atoms with Gasteiger partial charge in [0, 0.05) is 4.90 Å². The Morgan fingerprint density at radius 2 is 2.22 bits per heavy atom. The van der Waals surface area contributed by atoms with Crippen molar-refractivity contribution in [3.8, 4) is 0 Å². The predicted octanol–water partition coefficient (Wildman–Crippen LogP) is 1.56. The van der Waals surface area contributed by atoms with Crippen molar-refractivity contribution < 1.29 is 0 Å². The average molecular weight is 131 g/mol. The SMILES string of the molecule is CSc1[c]cccc1.[LiH]. The zero-order valence-corrected chi connectivity index (χ0v) is 5.53. The van der Waals surface area contributed by atoms with Gasteiger partial charge in [0.15, 0.2) is 0 Å². The molecule has 0 saturated heterocycles. The molecule has 0 aliphatic carbocycles. The Morgan fingerprint density at radius 1 is 1.44 bits per heavy atom. The van der Waals surface area contributed by atoms with Crippen LogP contribution >= 0.6 is 11.8 Å². The summed E-state index contributed by atoms with van der Waals surface area (Å²) in [7, 11) is 0. The average Bonchev–Trinajstić information content (AvgIpc) is 1.90. The van der Waals surface area contributed by atoms with Crippen LogP contribution in [0.2, 0.25) is 0 Å². The second-order valence-electron chi connectivity index (χ2n) is 1.43. The summed E-state index contributed by atoms with van der Waals surface area (Å²) < 4.78 is 0. The molecule has 0 bridgehead atoms. The van der Waals surface area contributed by atoms with E-state index in [0.717, 1.165) is 0 Å². The molecule has 0 aliphatic heterocycles. The zero-order chi connectivity index (χ0) is 5.82. The van der Waals surface area contributed by atoms with Crippen molar-refractivity contribution in [2.45, 2.75) is 4.90 Å². The summed E-state index contributed by atoms with van der Waals surface area (Å²) in [5.41, 5.74) is 0. The van der Waals surface area contributed by atoms with Crippen molar-refractivity contribution in [3.05, 3.63) is 30.3 Å². The van der Waals surface area contributed by atoms with Gasteiger partial charge in [0.2, 0.25) is 0 Å². The molecule has 0 unspecified atom stereocenters. The molecule has 0 aromatic heterocycles. The van der Waals surface area contributed by atoms with Gasteiger partial charge in [0.1, 0.15) is 0 Å². The normalized spacial score (nSPS) is 8.11. The van der Waals surface area contributed by atoms with Crippen molar-refractivity contribution in [1.29, 1.82) is 0 Å². The van der Waals surface area contributed by atoms with Crippen LogP contribution in [0.4, 0.5) is 0 Å². The van der Waals surface area contributed by atoms with Crippen LogP contribution in [0.25, 0.3) is 0 Å². The summed E-state index contributed by atoms with van der Waals surface area (Å²) in [4.78, 5) is 1.20. The minimum absolute atomic E-state index is 0. The van der Waals surface area contributed by atoms with Gasteiger partial charge in [0.25, 0.3) is 0 Å². The van der Waals surface area contributed by atoms with Gasteiger partial charge in [-0.15, -0.1) is 11.8 Å². The van der Waals surface area contributed by atoms with E-state index >= 15 is 0 Å². The third-order valence-corrected chi connectivity index (χ3v) is 1.59. The molecule has 0 saturated carbocycles. The van der Waals surface area contributed by atoms with Crippen molar-refractivity contribution >= 4 is 30.6 Å². The number of hydrogen-bond donors (Lipinski definition) is 0. The van der Waals surface area contributed by atoms with E-state index in [-0.39, 0.29) is 18.9 Å². The Labute approximate surface area is 72.2 Å². The fraction of sp³-hybridized carbons (Fsp3) is 0.143. The molecule has 9 heavy (non-hydrogen) atoms. The monoisotopic (exact) mass is 131 g/mol. The molecular formula is C7H8LiS. The first-order valence-corrected chi connectivity index (χ1v) is 3.66. The van der Waals surface area contributed by atoms with Gasteiger partial charge in [-0.2, -0.15) is 0 Å². The predicted molar refractivity (Wildman–Crippen MR) is 44.2 cm³/mol. The van der Waals surface area contributed by atoms with Gasteiger partial charge in [-0.05, 0) is 18.4 Å². The van der Waals surface area contributed by atoms with Crippen LogP contribution in [-0.2, 0) is 0 Å². The first kappa shape index (κ1) is 9.17. The van der Waals surface area contributed by atoms with Crippen molar-refractivity contribution in [2.24, 2.45) is 0 Å². The second kappa shape index (κ2) is 4.99. The zero-order valence-electron chi connectivity index (χ0n) is 4.72. The molecular weight excluding hydrogens is 123 g/mol. The summed E-state index contributed by atoms with van der Waals surface area (Å²) in [6.45, 7) is 0. The standard InChI is InChI=1S/C7H7S.Li.H/c1-8-7-5-3-2-4-6-7;;/h2-5H,1H3;;. The molecule has 43 valence electrons. The van der Waals surface area contributed by atoms with Gasteiger partial charge in [0.05, 0.1) is 0 Å². The summed E-state index contributed by atoms with van der Waals surface area (Å²) in [6, 6.07) is 11.0. The molecule has 0 aliphatic rings. The third-order valence-electron chi connectivity index (χ3n) is 0.900. The first-order chi connectivity index (χ1) is 3.93. The molecule has 0 heterocycles. The Kier molecular flexibility index (Phi) is 5.09. The van der Waals surface area contributed by atoms with Crippen LogP contribution in [0, 0.1) is 6.07 Å². The number of rotatable bonds is 1. The fourth-order valence-electron chi connectivity index (χ4n) is 0.504. The van der Waals surface area contributed by atoms with Gasteiger partial charge in [-0.3, -0.25) is 0 Å². The summed E-state index contributed by atoms with van der Waals surface area (Å²) in [5.74, 6) is 0. The maximum atomic E-state index is 3.08. The molecule has 1 rings (SSSR count). The second-order valence-corrected chi connectivity index (χ2v) is 2.28. The molecule has 0 amide bonds. The third kappa shape index (κ3) is 3.01. The molecule has 2 heteroatoms. The van der Waals surface area contributed by atoms with Gasteiger partial charge < -0.3 is 0 Å². The van der Waals surface area contributed by atoms with E-state index in [0.29, 0.717) is 0 Å². The van der Waals surface area contributed by atoms with Gasteiger partial charge in [-0.25, -0.2) is 0 Å². The molecule has 1 aromatic rings. The number of hydrogen-bond acceptors (Lipinski definition) is 1. The Balaban J connectivity index is 0.000000640. The van der Waals surface area contributed by atoms with E-state index in [1.54, 1.807) is 11.8 Å². The molecule has 1 aromatic carbocycles. The van der Waals surface area contributed by atoms with Crippen LogP contribution in [0.5, 0.6) is 0 Å². The molecule has 0 nitrogen and oxygen atoms in total. The summed E-state index contributed by atoms with van der Waals surface area (Å²) in [6.07, 6.45) is 2.05. The maximum absolute atomic E-state index is 3.08. The van der Waals surface area contributed by atoms with E-state index in [2.05, 4.69) is 6.07 Å². The minimum atomic E-state index is 0. The Bertz CT molecular complexity index is 150. The van der Waals surface area contributed by atoms with E-state index < -0.39 is 0 Å².